The highest BCUT2D eigenvalue weighted by Crippen LogP contribution is 2.34. The normalized spacial score (nSPS) is 14.6. The molecule has 1 aromatic carbocycles. The number of carbonyl (C=O) groups excluding carboxylic acids is 1. The fourth-order valence-corrected chi connectivity index (χ4v) is 2.13. The smallest absolute Gasteiger partial charge is 0.444 e. The lowest BCUT2D eigenvalue weighted by Crippen LogP contribution is -2.39. The highest BCUT2D eigenvalue weighted by Gasteiger charge is 2.34. The first-order chi connectivity index (χ1) is 11.3. The molecule has 0 heterocycles. The van der Waals surface area contributed by atoms with Gasteiger partial charge in [0.2, 0.25) is 0 Å². The Morgan fingerprint density at radius 1 is 1.28 bits per heavy atom. The molecule has 10 heteroatoms. The van der Waals surface area contributed by atoms with E-state index in [-0.39, 0.29) is 5.56 Å². The van der Waals surface area contributed by atoms with Crippen molar-refractivity contribution in [1.29, 1.82) is 0 Å². The van der Waals surface area contributed by atoms with Crippen molar-refractivity contribution in [2.75, 3.05) is 6.54 Å². The highest BCUT2D eigenvalue weighted by molar-refractivity contribution is 9.10. The van der Waals surface area contributed by atoms with Gasteiger partial charge in [-0.1, -0.05) is 22.0 Å². The van der Waals surface area contributed by atoms with Crippen LogP contribution in [0.15, 0.2) is 22.7 Å². The van der Waals surface area contributed by atoms with Crippen molar-refractivity contribution in [3.63, 3.8) is 0 Å². The Labute approximate surface area is 151 Å². The second-order valence-electron chi connectivity index (χ2n) is 6.12. The number of ether oxygens (including phenoxy) is 2. The molecule has 2 unspecified atom stereocenters. The van der Waals surface area contributed by atoms with Crippen LogP contribution in [0.25, 0.3) is 0 Å². The monoisotopic (exact) mass is 429 g/mol. The summed E-state index contributed by atoms with van der Waals surface area (Å²) in [6, 6.07) is 3.57. The third kappa shape index (κ3) is 7.93. The molecule has 1 aromatic rings. The highest BCUT2D eigenvalue weighted by atomic mass is 79.9. The van der Waals surface area contributed by atoms with Crippen molar-refractivity contribution in [3.8, 4) is 5.75 Å². The Morgan fingerprint density at radius 2 is 1.88 bits per heavy atom. The molecule has 25 heavy (non-hydrogen) atoms. The summed E-state index contributed by atoms with van der Waals surface area (Å²) >= 11 is 3.00. The van der Waals surface area contributed by atoms with Gasteiger partial charge in [0.1, 0.15) is 23.6 Å². The Balaban J connectivity index is 2.81. The van der Waals surface area contributed by atoms with E-state index in [4.69, 9.17) is 4.74 Å². The summed E-state index contributed by atoms with van der Waals surface area (Å²) in [7, 11) is 0. The summed E-state index contributed by atoms with van der Waals surface area (Å²) in [5.74, 6) is -0.661. The zero-order chi connectivity index (χ0) is 19.4. The molecule has 0 aliphatic rings. The molecular weight excluding hydrogens is 411 g/mol. The minimum Gasteiger partial charge on any atom is -0.444 e. The van der Waals surface area contributed by atoms with Gasteiger partial charge >= 0.3 is 12.5 Å². The molecule has 142 valence electrons. The third-order valence-corrected chi connectivity index (χ3v) is 3.23. The number of amides is 1. The molecule has 0 aliphatic heterocycles. The van der Waals surface area contributed by atoms with E-state index in [9.17, 15) is 28.2 Å². The van der Waals surface area contributed by atoms with E-state index in [2.05, 4.69) is 26.0 Å². The predicted octanol–water partition coefficient (Wildman–Crippen LogP) is 3.27. The van der Waals surface area contributed by atoms with Gasteiger partial charge in [-0.25, -0.2) is 4.79 Å². The lowest BCUT2D eigenvalue weighted by Gasteiger charge is -2.23. The number of carbonyl (C=O) groups is 1. The van der Waals surface area contributed by atoms with Crippen molar-refractivity contribution < 1.29 is 37.7 Å². The van der Waals surface area contributed by atoms with Gasteiger partial charge in [-0.05, 0) is 32.9 Å². The van der Waals surface area contributed by atoms with Crippen LogP contribution in [-0.4, -0.2) is 40.9 Å². The summed E-state index contributed by atoms with van der Waals surface area (Å²) in [6.45, 7) is 4.49. The van der Waals surface area contributed by atoms with Crippen molar-refractivity contribution in [3.05, 3.63) is 28.2 Å². The summed E-state index contributed by atoms with van der Waals surface area (Å²) < 4.78 is 46.5. The number of aliphatic hydroxyl groups excluding tert-OH is 2. The number of nitrogens with one attached hydrogen (secondary N) is 1. The number of aliphatic hydroxyl groups is 2. The van der Waals surface area contributed by atoms with Crippen LogP contribution in [0, 0.1) is 0 Å². The lowest BCUT2D eigenvalue weighted by molar-refractivity contribution is -0.275. The van der Waals surface area contributed by atoms with Gasteiger partial charge in [0, 0.05) is 16.6 Å². The Hall–Kier alpha value is -1.52. The Morgan fingerprint density at radius 3 is 2.40 bits per heavy atom. The van der Waals surface area contributed by atoms with Crippen molar-refractivity contribution >= 4 is 22.0 Å². The summed E-state index contributed by atoms with van der Waals surface area (Å²) in [5, 5.41) is 22.3. The van der Waals surface area contributed by atoms with Crippen LogP contribution in [0.4, 0.5) is 18.0 Å². The number of hydrogen-bond donors (Lipinski definition) is 3. The summed E-state index contributed by atoms with van der Waals surface area (Å²) in [6.07, 6.45) is -9.10. The fourth-order valence-electron chi connectivity index (χ4n) is 1.79. The number of hydrogen-bond acceptors (Lipinski definition) is 5. The molecule has 2 atom stereocenters. The van der Waals surface area contributed by atoms with Crippen LogP contribution in [-0.2, 0) is 4.74 Å². The lowest BCUT2D eigenvalue weighted by atomic mass is 10.0. The number of halogens is 4. The van der Waals surface area contributed by atoms with Crippen LogP contribution < -0.4 is 10.1 Å². The van der Waals surface area contributed by atoms with Crippen LogP contribution >= 0.6 is 15.9 Å². The van der Waals surface area contributed by atoms with Crippen molar-refractivity contribution in [2.45, 2.75) is 44.9 Å². The standard InChI is InChI=1S/C15H19BrF3NO5/c1-14(2,3)25-13(23)20-7-10(21)12(22)9-5-4-8(16)6-11(9)24-15(17,18)19/h4-6,10,12,21-22H,7H2,1-3H3,(H,20,23). The first-order valence-electron chi connectivity index (χ1n) is 7.16. The second-order valence-corrected chi connectivity index (χ2v) is 7.04. The zero-order valence-corrected chi connectivity index (χ0v) is 15.3. The van der Waals surface area contributed by atoms with E-state index >= 15 is 0 Å². The van der Waals surface area contributed by atoms with Gasteiger partial charge in [0.05, 0.1) is 0 Å². The first kappa shape index (κ1) is 21.5. The topological polar surface area (TPSA) is 88.0 Å². The van der Waals surface area contributed by atoms with Crippen LogP contribution in [0.3, 0.4) is 0 Å². The van der Waals surface area contributed by atoms with Crippen LogP contribution in [0.1, 0.15) is 32.4 Å². The number of alkyl halides is 3. The maximum Gasteiger partial charge on any atom is 0.573 e. The largest absolute Gasteiger partial charge is 0.573 e. The number of benzene rings is 1. The molecular formula is C15H19BrF3NO5. The van der Waals surface area contributed by atoms with E-state index in [0.29, 0.717) is 4.47 Å². The van der Waals surface area contributed by atoms with Crippen molar-refractivity contribution in [2.24, 2.45) is 0 Å². The molecule has 3 N–H and O–H groups in total. The summed E-state index contributed by atoms with van der Waals surface area (Å²) in [5.41, 5.74) is -1.04. The molecule has 1 amide bonds. The van der Waals surface area contributed by atoms with Crippen molar-refractivity contribution in [1.82, 2.24) is 5.32 Å². The van der Waals surface area contributed by atoms with E-state index in [1.165, 1.54) is 12.1 Å². The van der Waals surface area contributed by atoms with Gasteiger partial charge in [0.15, 0.2) is 0 Å². The molecule has 0 spiro atoms. The average Bonchev–Trinajstić information content (AvgIpc) is 2.40. The number of alkyl carbamates (subject to hydrolysis) is 1. The van der Waals surface area contributed by atoms with E-state index in [0.717, 1.165) is 6.07 Å². The maximum atomic E-state index is 12.5. The minimum absolute atomic E-state index is 0.279. The molecule has 0 fully saturated rings. The fraction of sp³-hybridized carbons (Fsp3) is 0.533. The molecule has 1 rings (SSSR count). The molecule has 0 saturated heterocycles. The zero-order valence-electron chi connectivity index (χ0n) is 13.7. The predicted molar refractivity (Wildman–Crippen MR) is 86.0 cm³/mol. The van der Waals surface area contributed by atoms with Gasteiger partial charge < -0.3 is 25.0 Å². The third-order valence-electron chi connectivity index (χ3n) is 2.74. The Bertz CT molecular complexity index is 604. The maximum absolute atomic E-state index is 12.5. The van der Waals surface area contributed by atoms with E-state index < -0.39 is 42.6 Å². The molecule has 0 saturated carbocycles. The van der Waals surface area contributed by atoms with E-state index in [1.807, 2.05) is 0 Å². The van der Waals surface area contributed by atoms with Gasteiger partial charge in [-0.2, -0.15) is 0 Å². The van der Waals surface area contributed by atoms with Crippen LogP contribution in [0.5, 0.6) is 5.75 Å². The summed E-state index contributed by atoms with van der Waals surface area (Å²) in [4.78, 5) is 11.5. The van der Waals surface area contributed by atoms with Crippen LogP contribution in [0.2, 0.25) is 0 Å². The molecule has 6 nitrogen and oxygen atoms in total. The van der Waals surface area contributed by atoms with Gasteiger partial charge in [0.25, 0.3) is 0 Å². The molecule has 0 radical (unpaired) electrons. The quantitative estimate of drug-likeness (QED) is 0.668. The average molecular weight is 430 g/mol. The molecule has 0 bridgehead atoms. The molecule has 0 aliphatic carbocycles. The minimum atomic E-state index is -4.96. The number of rotatable bonds is 5. The Kier molecular flexibility index (Phi) is 7.09. The molecule has 0 aromatic heterocycles. The second kappa shape index (κ2) is 8.24. The van der Waals surface area contributed by atoms with E-state index in [1.54, 1.807) is 20.8 Å². The van der Waals surface area contributed by atoms with Gasteiger partial charge in [-0.15, -0.1) is 13.2 Å². The van der Waals surface area contributed by atoms with Gasteiger partial charge in [-0.3, -0.25) is 0 Å². The SMILES string of the molecule is CC(C)(C)OC(=O)NCC(O)C(O)c1ccc(Br)cc1OC(F)(F)F. The first-order valence-corrected chi connectivity index (χ1v) is 7.96.